The van der Waals surface area contributed by atoms with Crippen molar-refractivity contribution in [3.8, 4) is 11.6 Å². The largest absolute Gasteiger partial charge is 0.437 e. The minimum Gasteiger partial charge on any atom is -0.437 e. The van der Waals surface area contributed by atoms with E-state index in [4.69, 9.17) is 4.74 Å². The smallest absolute Gasteiger partial charge is 0.244 e. The minimum absolute atomic E-state index is 0.0954. The van der Waals surface area contributed by atoms with Gasteiger partial charge < -0.3 is 9.84 Å². The number of nitrogens with zero attached hydrogens (tertiary/aromatic N) is 2. The normalized spacial score (nSPS) is 11.1. The third-order valence-electron chi connectivity index (χ3n) is 3.43. The number of aliphatic hydroxyl groups is 1. The van der Waals surface area contributed by atoms with Gasteiger partial charge in [-0.2, -0.15) is 4.98 Å². The number of benzene rings is 1. The molecular weight excluding hydrogens is 284 g/mol. The number of aromatic nitrogens is 2. The zero-order valence-electron chi connectivity index (χ0n) is 12.0. The Labute approximate surface area is 127 Å². The Balaban J connectivity index is 1.79. The summed E-state index contributed by atoms with van der Waals surface area (Å²) in [7, 11) is 0. The number of hydrogen-bond acceptors (Lipinski definition) is 4. The van der Waals surface area contributed by atoms with Crippen molar-refractivity contribution in [1.29, 1.82) is 0 Å². The molecule has 1 aromatic carbocycles. The van der Waals surface area contributed by atoms with Crippen LogP contribution in [-0.2, 0) is 13.0 Å². The SMILES string of the molecule is CCCCc1ccc(Oc2nc3sccn3c2CO)cc1. The van der Waals surface area contributed by atoms with Crippen molar-refractivity contribution in [3.05, 3.63) is 47.1 Å². The first-order valence-electron chi connectivity index (χ1n) is 7.14. The summed E-state index contributed by atoms with van der Waals surface area (Å²) in [6.45, 7) is 2.10. The molecule has 0 saturated heterocycles. The second-order valence-corrected chi connectivity index (χ2v) is 5.80. The molecule has 2 aromatic heterocycles. The van der Waals surface area contributed by atoms with Crippen LogP contribution in [0.15, 0.2) is 35.8 Å². The molecule has 2 heterocycles. The number of rotatable bonds is 6. The molecule has 0 fully saturated rings. The van der Waals surface area contributed by atoms with Crippen molar-refractivity contribution in [2.45, 2.75) is 32.8 Å². The second kappa shape index (κ2) is 6.28. The molecule has 0 bridgehead atoms. The molecule has 3 rings (SSSR count). The van der Waals surface area contributed by atoms with Gasteiger partial charge in [0.15, 0.2) is 4.96 Å². The van der Waals surface area contributed by atoms with Crippen molar-refractivity contribution in [1.82, 2.24) is 9.38 Å². The van der Waals surface area contributed by atoms with Crippen LogP contribution in [0.4, 0.5) is 0 Å². The quantitative estimate of drug-likeness (QED) is 0.748. The van der Waals surface area contributed by atoms with Gasteiger partial charge >= 0.3 is 0 Å². The van der Waals surface area contributed by atoms with Crippen LogP contribution in [0.2, 0.25) is 0 Å². The van der Waals surface area contributed by atoms with E-state index < -0.39 is 0 Å². The summed E-state index contributed by atoms with van der Waals surface area (Å²) in [4.78, 5) is 5.24. The van der Waals surface area contributed by atoms with Gasteiger partial charge in [-0.25, -0.2) is 0 Å². The molecule has 0 atom stereocenters. The Bertz CT molecular complexity index is 716. The van der Waals surface area contributed by atoms with E-state index in [0.29, 0.717) is 11.6 Å². The Morgan fingerprint density at radius 3 is 2.81 bits per heavy atom. The fourth-order valence-electron chi connectivity index (χ4n) is 2.26. The predicted molar refractivity (Wildman–Crippen MR) is 84.1 cm³/mol. The van der Waals surface area contributed by atoms with Crippen molar-refractivity contribution in [2.24, 2.45) is 0 Å². The second-order valence-electron chi connectivity index (χ2n) is 4.93. The van der Waals surface area contributed by atoms with Gasteiger partial charge in [0.1, 0.15) is 11.4 Å². The lowest BCUT2D eigenvalue weighted by molar-refractivity contribution is 0.270. The molecular formula is C16H18N2O2S. The van der Waals surface area contributed by atoms with Gasteiger partial charge in [0.25, 0.3) is 0 Å². The van der Waals surface area contributed by atoms with Crippen LogP contribution in [0, 0.1) is 0 Å². The summed E-state index contributed by atoms with van der Waals surface area (Å²) in [5.41, 5.74) is 2.00. The number of imidazole rings is 1. The molecule has 0 aliphatic heterocycles. The predicted octanol–water partition coefficient (Wildman–Crippen LogP) is 4.02. The van der Waals surface area contributed by atoms with Gasteiger partial charge in [-0.05, 0) is 30.5 Å². The maximum Gasteiger partial charge on any atom is 0.244 e. The number of thiazole rings is 1. The number of aryl methyl sites for hydroxylation is 1. The monoisotopic (exact) mass is 302 g/mol. The number of ether oxygens (including phenoxy) is 1. The number of aliphatic hydroxyl groups excluding tert-OH is 1. The van der Waals surface area contributed by atoms with E-state index in [-0.39, 0.29) is 6.61 Å². The highest BCUT2D eigenvalue weighted by molar-refractivity contribution is 7.15. The molecule has 110 valence electrons. The molecule has 5 heteroatoms. The molecule has 4 nitrogen and oxygen atoms in total. The van der Waals surface area contributed by atoms with Gasteiger partial charge in [0.05, 0.1) is 6.61 Å². The van der Waals surface area contributed by atoms with E-state index in [1.54, 1.807) is 0 Å². The zero-order chi connectivity index (χ0) is 14.7. The van der Waals surface area contributed by atoms with Gasteiger partial charge in [-0.1, -0.05) is 25.5 Å². The van der Waals surface area contributed by atoms with Gasteiger partial charge in [0.2, 0.25) is 5.88 Å². The van der Waals surface area contributed by atoms with Crippen molar-refractivity contribution in [3.63, 3.8) is 0 Å². The first-order chi connectivity index (χ1) is 10.3. The maximum atomic E-state index is 9.51. The summed E-state index contributed by atoms with van der Waals surface area (Å²) in [5, 5.41) is 11.4. The molecule has 1 N–H and O–H groups in total. The van der Waals surface area contributed by atoms with Crippen LogP contribution in [0.3, 0.4) is 0 Å². The molecule has 0 spiro atoms. The van der Waals surface area contributed by atoms with Crippen molar-refractivity contribution < 1.29 is 9.84 Å². The lowest BCUT2D eigenvalue weighted by Crippen LogP contribution is -1.94. The molecule has 0 aliphatic carbocycles. The van der Waals surface area contributed by atoms with Crippen LogP contribution < -0.4 is 4.74 Å². The third kappa shape index (κ3) is 2.94. The summed E-state index contributed by atoms with van der Waals surface area (Å²) in [6.07, 6.45) is 5.38. The minimum atomic E-state index is -0.0954. The fraction of sp³-hybridized carbons (Fsp3) is 0.312. The first-order valence-corrected chi connectivity index (χ1v) is 8.02. The number of hydrogen-bond donors (Lipinski definition) is 1. The Morgan fingerprint density at radius 1 is 1.29 bits per heavy atom. The number of unbranched alkanes of at least 4 members (excludes halogenated alkanes) is 1. The average molecular weight is 302 g/mol. The highest BCUT2D eigenvalue weighted by atomic mass is 32.1. The molecule has 0 radical (unpaired) electrons. The summed E-state index contributed by atoms with van der Waals surface area (Å²) in [5.74, 6) is 1.22. The first kappa shape index (κ1) is 14.1. The van der Waals surface area contributed by atoms with E-state index in [1.807, 2.05) is 28.1 Å². The Kier molecular flexibility index (Phi) is 4.22. The third-order valence-corrected chi connectivity index (χ3v) is 4.19. The van der Waals surface area contributed by atoms with Crippen molar-refractivity contribution in [2.75, 3.05) is 0 Å². The van der Waals surface area contributed by atoms with Gasteiger partial charge in [-0.3, -0.25) is 4.40 Å². The van der Waals surface area contributed by atoms with Crippen molar-refractivity contribution >= 4 is 16.3 Å². The highest BCUT2D eigenvalue weighted by Crippen LogP contribution is 2.28. The molecule has 0 unspecified atom stereocenters. The van der Waals surface area contributed by atoms with Crippen LogP contribution in [0.25, 0.3) is 4.96 Å². The lowest BCUT2D eigenvalue weighted by Gasteiger charge is -2.06. The van der Waals surface area contributed by atoms with Crippen LogP contribution in [0.1, 0.15) is 31.0 Å². The molecule has 21 heavy (non-hydrogen) atoms. The topological polar surface area (TPSA) is 46.8 Å². The van der Waals surface area contributed by atoms with Gasteiger partial charge in [-0.15, -0.1) is 11.3 Å². The van der Waals surface area contributed by atoms with Crippen LogP contribution in [-0.4, -0.2) is 14.5 Å². The standard InChI is InChI=1S/C16H18N2O2S/c1-2-3-4-12-5-7-13(8-6-12)20-15-14(11-19)18-9-10-21-16(18)17-15/h5-10,19H,2-4,11H2,1H3. The van der Waals surface area contributed by atoms with E-state index in [9.17, 15) is 5.11 Å². The number of fused-ring (bicyclic) bond motifs is 1. The lowest BCUT2D eigenvalue weighted by atomic mass is 10.1. The maximum absolute atomic E-state index is 9.51. The fourth-order valence-corrected chi connectivity index (χ4v) is 2.98. The molecule has 0 aliphatic rings. The zero-order valence-corrected chi connectivity index (χ0v) is 12.8. The molecule has 0 saturated carbocycles. The van der Waals surface area contributed by atoms with E-state index in [1.165, 1.54) is 29.7 Å². The van der Waals surface area contributed by atoms with E-state index in [2.05, 4.69) is 24.0 Å². The van der Waals surface area contributed by atoms with E-state index in [0.717, 1.165) is 17.1 Å². The molecule has 0 amide bonds. The highest BCUT2D eigenvalue weighted by Gasteiger charge is 2.14. The summed E-state index contributed by atoms with van der Waals surface area (Å²) < 4.78 is 7.67. The summed E-state index contributed by atoms with van der Waals surface area (Å²) in [6, 6.07) is 8.09. The Morgan fingerprint density at radius 2 is 2.10 bits per heavy atom. The van der Waals surface area contributed by atoms with E-state index >= 15 is 0 Å². The summed E-state index contributed by atoms with van der Waals surface area (Å²) >= 11 is 1.52. The molecule has 3 aromatic rings. The Hall–Kier alpha value is -1.85. The van der Waals surface area contributed by atoms with Crippen LogP contribution >= 0.6 is 11.3 Å². The van der Waals surface area contributed by atoms with Gasteiger partial charge in [0, 0.05) is 11.6 Å². The van der Waals surface area contributed by atoms with Crippen LogP contribution in [0.5, 0.6) is 11.6 Å². The average Bonchev–Trinajstić information content (AvgIpc) is 3.07.